The highest BCUT2D eigenvalue weighted by Crippen LogP contribution is 2.30. The molecule has 4 heteroatoms. The molecule has 0 aliphatic rings. The molecular formula is C11H16ClNOS. The van der Waals surface area contributed by atoms with Crippen LogP contribution in [0.25, 0.3) is 0 Å². The van der Waals surface area contributed by atoms with Crippen LogP contribution in [0.4, 0.5) is 0 Å². The Morgan fingerprint density at radius 3 is 2.73 bits per heavy atom. The molecular weight excluding hydrogens is 230 g/mol. The molecule has 1 amide bonds. The maximum absolute atomic E-state index is 11.6. The van der Waals surface area contributed by atoms with Gasteiger partial charge in [-0.25, -0.2) is 0 Å². The molecule has 0 fully saturated rings. The standard InChI is InChI=1S/C11H16ClNOS/c1-4-5-13-11(14)10(12)9-6-7(2)15-8(9)3/h6,10H,4-5H2,1-3H3,(H,13,14). The van der Waals surface area contributed by atoms with E-state index in [1.54, 1.807) is 11.3 Å². The zero-order chi connectivity index (χ0) is 11.4. The van der Waals surface area contributed by atoms with Crippen molar-refractivity contribution in [3.05, 3.63) is 21.4 Å². The maximum Gasteiger partial charge on any atom is 0.242 e. The van der Waals surface area contributed by atoms with Gasteiger partial charge in [0.25, 0.3) is 0 Å². The number of hydrogen-bond donors (Lipinski definition) is 1. The molecule has 1 atom stereocenters. The molecule has 1 N–H and O–H groups in total. The van der Waals surface area contributed by atoms with Crippen molar-refractivity contribution < 1.29 is 4.79 Å². The van der Waals surface area contributed by atoms with Gasteiger partial charge in [-0.05, 0) is 31.9 Å². The molecule has 0 aliphatic heterocycles. The summed E-state index contributed by atoms with van der Waals surface area (Å²) in [6.07, 6.45) is 0.928. The highest BCUT2D eigenvalue weighted by molar-refractivity contribution is 7.12. The first-order chi connectivity index (χ1) is 7.06. The average Bonchev–Trinajstić information content (AvgIpc) is 2.53. The number of hydrogen-bond acceptors (Lipinski definition) is 2. The highest BCUT2D eigenvalue weighted by Gasteiger charge is 2.20. The number of rotatable bonds is 4. The van der Waals surface area contributed by atoms with Crippen molar-refractivity contribution in [3.8, 4) is 0 Å². The molecule has 1 aromatic heterocycles. The lowest BCUT2D eigenvalue weighted by Gasteiger charge is -2.09. The van der Waals surface area contributed by atoms with Crippen LogP contribution in [-0.2, 0) is 4.79 Å². The molecule has 1 heterocycles. The van der Waals surface area contributed by atoms with E-state index < -0.39 is 5.38 Å². The van der Waals surface area contributed by atoms with E-state index in [1.165, 1.54) is 4.88 Å². The Hall–Kier alpha value is -0.540. The van der Waals surface area contributed by atoms with E-state index in [1.807, 2.05) is 26.8 Å². The first-order valence-corrected chi connectivity index (χ1v) is 6.30. The molecule has 0 bridgehead atoms. The normalized spacial score (nSPS) is 12.5. The zero-order valence-corrected chi connectivity index (χ0v) is 10.8. The summed E-state index contributed by atoms with van der Waals surface area (Å²) < 4.78 is 0. The number of aryl methyl sites for hydroxylation is 2. The van der Waals surface area contributed by atoms with Crippen molar-refractivity contribution in [1.29, 1.82) is 0 Å². The molecule has 0 saturated heterocycles. The molecule has 84 valence electrons. The second-order valence-electron chi connectivity index (χ2n) is 3.52. The molecule has 0 spiro atoms. The second-order valence-corrected chi connectivity index (χ2v) is 5.42. The zero-order valence-electron chi connectivity index (χ0n) is 9.26. The van der Waals surface area contributed by atoms with E-state index >= 15 is 0 Å². The van der Waals surface area contributed by atoms with E-state index in [-0.39, 0.29) is 5.91 Å². The lowest BCUT2D eigenvalue weighted by Crippen LogP contribution is -2.27. The average molecular weight is 246 g/mol. The summed E-state index contributed by atoms with van der Waals surface area (Å²) in [5.41, 5.74) is 0.938. The smallest absolute Gasteiger partial charge is 0.242 e. The van der Waals surface area contributed by atoms with Gasteiger partial charge in [0.1, 0.15) is 5.38 Å². The van der Waals surface area contributed by atoms with Gasteiger partial charge >= 0.3 is 0 Å². The predicted octanol–water partition coefficient (Wildman–Crippen LogP) is 3.17. The number of thiophene rings is 1. The van der Waals surface area contributed by atoms with Gasteiger partial charge in [-0.2, -0.15) is 0 Å². The summed E-state index contributed by atoms with van der Waals surface area (Å²) in [6, 6.07) is 1.99. The van der Waals surface area contributed by atoms with Crippen LogP contribution < -0.4 is 5.32 Å². The van der Waals surface area contributed by atoms with E-state index in [0.717, 1.165) is 16.9 Å². The molecule has 0 saturated carbocycles. The van der Waals surface area contributed by atoms with Crippen molar-refractivity contribution in [2.45, 2.75) is 32.6 Å². The van der Waals surface area contributed by atoms with Gasteiger partial charge in [0.2, 0.25) is 5.91 Å². The largest absolute Gasteiger partial charge is 0.355 e. The molecule has 0 radical (unpaired) electrons. The Kier molecular flexibility index (Phi) is 4.61. The fraction of sp³-hybridized carbons (Fsp3) is 0.545. The van der Waals surface area contributed by atoms with Gasteiger partial charge < -0.3 is 5.32 Å². The highest BCUT2D eigenvalue weighted by atomic mass is 35.5. The van der Waals surface area contributed by atoms with E-state index in [2.05, 4.69) is 5.32 Å². The molecule has 2 nitrogen and oxygen atoms in total. The van der Waals surface area contributed by atoms with Gasteiger partial charge in [0.05, 0.1) is 0 Å². The summed E-state index contributed by atoms with van der Waals surface area (Å²) in [5.74, 6) is -0.0978. The van der Waals surface area contributed by atoms with E-state index in [0.29, 0.717) is 6.54 Å². The quantitative estimate of drug-likeness (QED) is 0.812. The summed E-state index contributed by atoms with van der Waals surface area (Å²) in [4.78, 5) is 13.9. The molecule has 0 aromatic carbocycles. The number of carbonyl (C=O) groups excluding carboxylic acids is 1. The Morgan fingerprint density at radius 2 is 2.27 bits per heavy atom. The Morgan fingerprint density at radius 1 is 1.60 bits per heavy atom. The Bertz CT molecular complexity index is 348. The molecule has 1 unspecified atom stereocenters. The minimum atomic E-state index is -0.554. The third kappa shape index (κ3) is 3.21. The van der Waals surface area contributed by atoms with Crippen LogP contribution in [0, 0.1) is 13.8 Å². The third-order valence-electron chi connectivity index (χ3n) is 2.13. The van der Waals surface area contributed by atoms with Gasteiger partial charge in [0, 0.05) is 16.3 Å². The molecule has 0 aliphatic carbocycles. The van der Waals surface area contributed by atoms with E-state index in [4.69, 9.17) is 11.6 Å². The Labute approximate surface area is 99.6 Å². The first kappa shape index (κ1) is 12.5. The van der Waals surface area contributed by atoms with Crippen molar-refractivity contribution >= 4 is 28.8 Å². The fourth-order valence-electron chi connectivity index (χ4n) is 1.38. The lowest BCUT2D eigenvalue weighted by atomic mass is 10.1. The number of halogens is 1. The number of alkyl halides is 1. The van der Waals surface area contributed by atoms with Gasteiger partial charge in [-0.3, -0.25) is 4.79 Å². The van der Waals surface area contributed by atoms with Crippen molar-refractivity contribution in [2.24, 2.45) is 0 Å². The Balaban J connectivity index is 2.71. The first-order valence-electron chi connectivity index (χ1n) is 5.05. The number of carbonyl (C=O) groups is 1. The van der Waals surface area contributed by atoms with Crippen LogP contribution in [0.5, 0.6) is 0 Å². The van der Waals surface area contributed by atoms with Crippen molar-refractivity contribution in [3.63, 3.8) is 0 Å². The monoisotopic (exact) mass is 245 g/mol. The lowest BCUT2D eigenvalue weighted by molar-refractivity contribution is -0.120. The van der Waals surface area contributed by atoms with Gasteiger partial charge in [-0.15, -0.1) is 22.9 Å². The molecule has 1 rings (SSSR count). The topological polar surface area (TPSA) is 29.1 Å². The molecule has 1 aromatic rings. The van der Waals surface area contributed by atoms with Crippen molar-refractivity contribution in [2.75, 3.05) is 6.54 Å². The predicted molar refractivity (Wildman–Crippen MR) is 65.7 cm³/mol. The van der Waals surface area contributed by atoms with Crippen LogP contribution in [-0.4, -0.2) is 12.5 Å². The maximum atomic E-state index is 11.6. The van der Waals surface area contributed by atoms with Crippen LogP contribution in [0.15, 0.2) is 6.07 Å². The number of nitrogens with one attached hydrogen (secondary N) is 1. The second kappa shape index (κ2) is 5.52. The minimum Gasteiger partial charge on any atom is -0.355 e. The van der Waals surface area contributed by atoms with Crippen molar-refractivity contribution in [1.82, 2.24) is 5.32 Å². The summed E-state index contributed by atoms with van der Waals surface area (Å²) in [6.45, 7) is 6.72. The molecule has 15 heavy (non-hydrogen) atoms. The summed E-state index contributed by atoms with van der Waals surface area (Å²) in [7, 11) is 0. The summed E-state index contributed by atoms with van der Waals surface area (Å²) in [5, 5.41) is 2.25. The van der Waals surface area contributed by atoms with E-state index in [9.17, 15) is 4.79 Å². The minimum absolute atomic E-state index is 0.0978. The van der Waals surface area contributed by atoms with Crippen LogP contribution in [0.3, 0.4) is 0 Å². The summed E-state index contributed by atoms with van der Waals surface area (Å²) >= 11 is 7.78. The fourth-order valence-corrected chi connectivity index (χ4v) is 2.71. The third-order valence-corrected chi connectivity index (χ3v) is 3.55. The SMILES string of the molecule is CCCNC(=O)C(Cl)c1cc(C)sc1C. The van der Waals surface area contributed by atoms with Crippen LogP contribution in [0.2, 0.25) is 0 Å². The van der Waals surface area contributed by atoms with Crippen LogP contribution in [0.1, 0.15) is 34.0 Å². The van der Waals surface area contributed by atoms with Crippen LogP contribution >= 0.6 is 22.9 Å². The number of amides is 1. The van der Waals surface area contributed by atoms with Gasteiger partial charge in [-0.1, -0.05) is 6.92 Å². The van der Waals surface area contributed by atoms with Gasteiger partial charge in [0.15, 0.2) is 0 Å².